The van der Waals surface area contributed by atoms with Crippen molar-refractivity contribution in [1.29, 1.82) is 0 Å². The molecule has 0 aromatic heterocycles. The van der Waals surface area contributed by atoms with Crippen molar-refractivity contribution in [2.24, 2.45) is 29.6 Å². The van der Waals surface area contributed by atoms with E-state index in [-0.39, 0.29) is 18.1 Å². The van der Waals surface area contributed by atoms with Gasteiger partial charge in [-0.15, -0.1) is 0 Å². The highest BCUT2D eigenvalue weighted by molar-refractivity contribution is 7.91. The molecule has 0 unspecified atom stereocenters. The number of rotatable bonds is 3. The first-order valence-electron chi connectivity index (χ1n) is 9.90. The van der Waals surface area contributed by atoms with Gasteiger partial charge in [0, 0.05) is 0 Å². The molecule has 1 aromatic carbocycles. The van der Waals surface area contributed by atoms with E-state index in [0.717, 1.165) is 0 Å². The summed E-state index contributed by atoms with van der Waals surface area (Å²) >= 11 is 0. The molecule has 1 heterocycles. The molecule has 25 heavy (non-hydrogen) atoms. The fourth-order valence-corrected chi connectivity index (χ4v) is 7.89. The summed E-state index contributed by atoms with van der Waals surface area (Å²) in [6, 6.07) is 9.00. The third-order valence-electron chi connectivity index (χ3n) is 7.17. The number of sulfone groups is 1. The van der Waals surface area contributed by atoms with Crippen LogP contribution < -0.4 is 0 Å². The van der Waals surface area contributed by atoms with Gasteiger partial charge < -0.3 is 4.74 Å². The summed E-state index contributed by atoms with van der Waals surface area (Å²) < 4.78 is 32.4. The molecule has 1 aromatic rings. The van der Waals surface area contributed by atoms with Crippen LogP contribution in [0.3, 0.4) is 0 Å². The first-order valence-corrected chi connectivity index (χ1v) is 11.6. The summed E-state index contributed by atoms with van der Waals surface area (Å²) in [7, 11) is -3.25. The molecule has 0 radical (unpaired) electrons. The third-order valence-corrected chi connectivity index (χ3v) is 8.98. The fraction of sp³-hybridized carbons (Fsp3) is 0.714. The van der Waals surface area contributed by atoms with Crippen LogP contribution in [0.4, 0.5) is 0 Å². The second kappa shape index (κ2) is 6.70. The average Bonchev–Trinajstić information content (AvgIpc) is 2.89. The Morgan fingerprint density at radius 1 is 1.00 bits per heavy atom. The summed E-state index contributed by atoms with van der Waals surface area (Å²) in [4.78, 5) is 0.476. The molecule has 0 N–H and O–H groups in total. The molecule has 3 aliphatic rings. The van der Waals surface area contributed by atoms with E-state index in [0.29, 0.717) is 34.3 Å². The monoisotopic (exact) mass is 362 g/mol. The number of fused-ring (bicyclic) bond motifs is 2. The lowest BCUT2D eigenvalue weighted by molar-refractivity contribution is 0.0243. The summed E-state index contributed by atoms with van der Waals surface area (Å²) in [5, 5.41) is 0. The molecule has 3 nitrogen and oxygen atoms in total. The third kappa shape index (κ3) is 3.16. The highest BCUT2D eigenvalue weighted by Gasteiger charge is 2.53. The van der Waals surface area contributed by atoms with Gasteiger partial charge in [-0.05, 0) is 68.4 Å². The van der Waals surface area contributed by atoms with Crippen LogP contribution in [0.1, 0.15) is 46.0 Å². The predicted molar refractivity (Wildman–Crippen MR) is 99.0 cm³/mol. The van der Waals surface area contributed by atoms with Crippen LogP contribution in [-0.2, 0) is 14.6 Å². The maximum atomic E-state index is 13.1. The van der Waals surface area contributed by atoms with Gasteiger partial charge in [-0.2, -0.15) is 0 Å². The number of hydrogen-bond acceptors (Lipinski definition) is 3. The average molecular weight is 363 g/mol. The number of ether oxygens (including phenoxy) is 1. The van der Waals surface area contributed by atoms with Crippen molar-refractivity contribution in [3.05, 3.63) is 30.3 Å². The first-order chi connectivity index (χ1) is 12.0. The molecule has 7 atom stereocenters. The molecule has 0 bridgehead atoms. The molecule has 3 fully saturated rings. The fourth-order valence-electron chi connectivity index (χ4n) is 6.15. The van der Waals surface area contributed by atoms with Crippen LogP contribution in [0.15, 0.2) is 35.2 Å². The lowest BCUT2D eigenvalue weighted by atomic mass is 9.57. The molecule has 4 heteroatoms. The van der Waals surface area contributed by atoms with Crippen molar-refractivity contribution in [1.82, 2.24) is 0 Å². The van der Waals surface area contributed by atoms with Crippen molar-refractivity contribution in [3.8, 4) is 0 Å². The van der Waals surface area contributed by atoms with Crippen LogP contribution in [-0.4, -0.2) is 26.4 Å². The van der Waals surface area contributed by atoms with E-state index in [4.69, 9.17) is 4.74 Å². The molecule has 1 saturated heterocycles. The lowest BCUT2D eigenvalue weighted by Gasteiger charge is -2.48. The van der Waals surface area contributed by atoms with Crippen LogP contribution in [0.25, 0.3) is 0 Å². The van der Waals surface area contributed by atoms with Crippen LogP contribution >= 0.6 is 0 Å². The standard InChI is InChI=1S/C21H30O3S/c1-14-19-12-16-8-6-7-11-18(16)20(21(19)15(2)24-14)13-25(22,23)17-9-4-3-5-10-17/h3-5,9-10,14-16,18-21H,6-8,11-13H2,1-2H3/t14-,15-,16+,18-,19+,20+,21-/m0/s1. The topological polar surface area (TPSA) is 43.4 Å². The van der Waals surface area contributed by atoms with Crippen molar-refractivity contribution in [2.45, 2.75) is 63.1 Å². The van der Waals surface area contributed by atoms with E-state index < -0.39 is 9.84 Å². The van der Waals surface area contributed by atoms with Gasteiger partial charge in [0.2, 0.25) is 0 Å². The van der Waals surface area contributed by atoms with Gasteiger partial charge in [-0.25, -0.2) is 8.42 Å². The Labute approximate surface area is 152 Å². The van der Waals surface area contributed by atoms with Gasteiger partial charge in [0.05, 0.1) is 22.9 Å². The summed E-state index contributed by atoms with van der Waals surface area (Å²) in [6.45, 7) is 4.35. The Morgan fingerprint density at radius 3 is 2.48 bits per heavy atom. The second-order valence-corrected chi connectivity index (χ2v) is 10.5. The normalized spacial score (nSPS) is 41.1. The van der Waals surface area contributed by atoms with Gasteiger partial charge in [0.1, 0.15) is 0 Å². The zero-order valence-corrected chi connectivity index (χ0v) is 16.1. The van der Waals surface area contributed by atoms with Crippen molar-refractivity contribution in [2.75, 3.05) is 5.75 Å². The molecule has 0 amide bonds. The van der Waals surface area contributed by atoms with Gasteiger partial charge in [-0.3, -0.25) is 0 Å². The van der Waals surface area contributed by atoms with Gasteiger partial charge in [-0.1, -0.05) is 37.5 Å². The summed E-state index contributed by atoms with van der Waals surface area (Å²) in [5.41, 5.74) is 0. The lowest BCUT2D eigenvalue weighted by Crippen LogP contribution is -2.46. The van der Waals surface area contributed by atoms with Crippen LogP contribution in [0.2, 0.25) is 0 Å². The number of benzene rings is 1. The number of hydrogen-bond donors (Lipinski definition) is 0. The summed E-state index contributed by atoms with van der Waals surface area (Å²) in [5.74, 6) is 2.72. The zero-order chi connectivity index (χ0) is 17.6. The minimum Gasteiger partial charge on any atom is -0.375 e. The SMILES string of the molecule is C[C@@H]1O[C@@H](C)[C@@H]2[C@H](CS(=O)(=O)c3ccccc3)[C@H]3CCCC[C@@H]3C[C@@H]21. The predicted octanol–water partition coefficient (Wildman–Crippen LogP) is 4.33. The Morgan fingerprint density at radius 2 is 1.72 bits per heavy atom. The van der Waals surface area contributed by atoms with E-state index in [9.17, 15) is 8.42 Å². The maximum Gasteiger partial charge on any atom is 0.178 e. The largest absolute Gasteiger partial charge is 0.375 e. The Hall–Kier alpha value is -0.870. The van der Waals surface area contributed by atoms with E-state index in [2.05, 4.69) is 13.8 Å². The van der Waals surface area contributed by atoms with E-state index >= 15 is 0 Å². The maximum absolute atomic E-state index is 13.1. The van der Waals surface area contributed by atoms with Gasteiger partial charge >= 0.3 is 0 Å². The van der Waals surface area contributed by atoms with Crippen molar-refractivity contribution in [3.63, 3.8) is 0 Å². The van der Waals surface area contributed by atoms with Gasteiger partial charge in [0.25, 0.3) is 0 Å². The van der Waals surface area contributed by atoms with Crippen LogP contribution in [0.5, 0.6) is 0 Å². The molecule has 2 aliphatic carbocycles. The molecular weight excluding hydrogens is 332 g/mol. The Kier molecular flexibility index (Phi) is 4.70. The minimum atomic E-state index is -3.25. The molecular formula is C21H30O3S. The highest BCUT2D eigenvalue weighted by Crippen LogP contribution is 2.54. The van der Waals surface area contributed by atoms with E-state index in [1.807, 2.05) is 18.2 Å². The molecule has 4 rings (SSSR count). The first kappa shape index (κ1) is 17.5. The molecule has 1 aliphatic heterocycles. The molecule has 0 spiro atoms. The second-order valence-electron chi connectivity index (χ2n) is 8.49. The smallest absolute Gasteiger partial charge is 0.178 e. The molecule has 2 saturated carbocycles. The Bertz CT molecular complexity index is 699. The van der Waals surface area contributed by atoms with Crippen molar-refractivity contribution >= 4 is 9.84 Å². The van der Waals surface area contributed by atoms with Crippen LogP contribution in [0, 0.1) is 29.6 Å². The summed E-state index contributed by atoms with van der Waals surface area (Å²) in [6.07, 6.45) is 6.72. The quantitative estimate of drug-likeness (QED) is 0.804. The van der Waals surface area contributed by atoms with E-state index in [1.165, 1.54) is 32.1 Å². The molecule has 138 valence electrons. The minimum absolute atomic E-state index is 0.179. The highest BCUT2D eigenvalue weighted by atomic mass is 32.2. The van der Waals surface area contributed by atoms with E-state index in [1.54, 1.807) is 12.1 Å². The zero-order valence-electron chi connectivity index (χ0n) is 15.3. The van der Waals surface area contributed by atoms with Crippen molar-refractivity contribution < 1.29 is 13.2 Å². The van der Waals surface area contributed by atoms with Gasteiger partial charge in [0.15, 0.2) is 9.84 Å². The Balaban J connectivity index is 1.66.